The first-order chi connectivity index (χ1) is 11.1. The van der Waals surface area contributed by atoms with Crippen LogP contribution in [-0.4, -0.2) is 18.5 Å². The van der Waals surface area contributed by atoms with E-state index in [0.29, 0.717) is 12.1 Å². The number of aryl methyl sites for hydroxylation is 1. The maximum absolute atomic E-state index is 12.1. The molecule has 1 aliphatic rings. The molecule has 2 N–H and O–H groups in total. The number of rotatable bonds is 3. The van der Waals surface area contributed by atoms with Gasteiger partial charge < -0.3 is 15.5 Å². The summed E-state index contributed by atoms with van der Waals surface area (Å²) in [5, 5.41) is 5.58. The monoisotopic (exact) mass is 309 g/mol. The number of amides is 3. The summed E-state index contributed by atoms with van der Waals surface area (Å²) in [6, 6.07) is 14.6. The second-order valence-electron chi connectivity index (χ2n) is 5.60. The summed E-state index contributed by atoms with van der Waals surface area (Å²) in [5.74, 6) is 0.138. The van der Waals surface area contributed by atoms with E-state index in [1.54, 1.807) is 4.90 Å². The first-order valence-corrected chi connectivity index (χ1v) is 7.67. The molecule has 0 spiro atoms. The Balaban J connectivity index is 1.73. The average molecular weight is 309 g/mol. The van der Waals surface area contributed by atoms with E-state index in [1.807, 2.05) is 55.5 Å². The third kappa shape index (κ3) is 3.51. The number of para-hydroxylation sites is 1. The number of urea groups is 1. The van der Waals surface area contributed by atoms with Crippen molar-refractivity contribution in [3.8, 4) is 0 Å². The molecule has 2 aromatic carbocycles. The number of benzene rings is 2. The Labute approximate surface area is 135 Å². The molecular formula is C18H19N3O2. The van der Waals surface area contributed by atoms with Gasteiger partial charge in [0.05, 0.1) is 0 Å². The van der Waals surface area contributed by atoms with Crippen LogP contribution in [0.1, 0.15) is 18.4 Å². The highest BCUT2D eigenvalue weighted by Crippen LogP contribution is 2.28. The Morgan fingerprint density at radius 1 is 1.04 bits per heavy atom. The van der Waals surface area contributed by atoms with Crippen LogP contribution in [0.5, 0.6) is 0 Å². The van der Waals surface area contributed by atoms with E-state index in [0.717, 1.165) is 29.9 Å². The van der Waals surface area contributed by atoms with Crippen molar-refractivity contribution < 1.29 is 9.59 Å². The quantitative estimate of drug-likeness (QED) is 0.906. The highest BCUT2D eigenvalue weighted by Gasteiger charge is 2.23. The Hall–Kier alpha value is -2.82. The van der Waals surface area contributed by atoms with Crippen LogP contribution in [0.15, 0.2) is 48.5 Å². The lowest BCUT2D eigenvalue weighted by molar-refractivity contribution is -0.117. The molecule has 1 fully saturated rings. The van der Waals surface area contributed by atoms with Crippen LogP contribution in [0.4, 0.5) is 21.9 Å². The van der Waals surface area contributed by atoms with Gasteiger partial charge in [-0.05, 0) is 43.2 Å². The lowest BCUT2D eigenvalue weighted by Crippen LogP contribution is -2.25. The molecule has 0 saturated carbocycles. The fourth-order valence-corrected chi connectivity index (χ4v) is 2.70. The Kier molecular flexibility index (Phi) is 4.28. The fraction of sp³-hybridized carbons (Fsp3) is 0.222. The van der Waals surface area contributed by atoms with Crippen LogP contribution in [-0.2, 0) is 4.79 Å². The third-order valence-corrected chi connectivity index (χ3v) is 3.86. The average Bonchev–Trinajstić information content (AvgIpc) is 2.96. The number of nitrogens with one attached hydrogen (secondary N) is 2. The summed E-state index contributed by atoms with van der Waals surface area (Å²) < 4.78 is 0. The van der Waals surface area contributed by atoms with Gasteiger partial charge >= 0.3 is 6.03 Å². The van der Waals surface area contributed by atoms with Gasteiger partial charge in [-0.2, -0.15) is 0 Å². The molecule has 0 aromatic heterocycles. The van der Waals surface area contributed by atoms with Crippen molar-refractivity contribution in [2.24, 2.45) is 0 Å². The first-order valence-electron chi connectivity index (χ1n) is 7.67. The topological polar surface area (TPSA) is 61.4 Å². The molecule has 0 bridgehead atoms. The molecule has 0 atom stereocenters. The van der Waals surface area contributed by atoms with Gasteiger partial charge in [-0.25, -0.2) is 4.79 Å². The Morgan fingerprint density at radius 3 is 2.48 bits per heavy atom. The maximum Gasteiger partial charge on any atom is 0.323 e. The molecule has 23 heavy (non-hydrogen) atoms. The van der Waals surface area contributed by atoms with Crippen LogP contribution in [0.3, 0.4) is 0 Å². The standard InChI is InChI=1S/C18H19N3O2/c1-13-9-10-15(12-16(13)21-11-5-8-17(21)22)20-18(23)19-14-6-3-2-4-7-14/h2-4,6-7,9-10,12H,5,8,11H2,1H3,(H2,19,20,23). The predicted octanol–water partition coefficient (Wildman–Crippen LogP) is 3.77. The van der Waals surface area contributed by atoms with Crippen LogP contribution in [0, 0.1) is 6.92 Å². The Bertz CT molecular complexity index is 728. The SMILES string of the molecule is Cc1ccc(NC(=O)Nc2ccccc2)cc1N1CCCC1=O. The van der Waals surface area contributed by atoms with Crippen LogP contribution >= 0.6 is 0 Å². The second kappa shape index (κ2) is 6.52. The molecule has 1 aliphatic heterocycles. The van der Waals surface area contributed by atoms with E-state index < -0.39 is 0 Å². The first kappa shape index (κ1) is 15.1. The highest BCUT2D eigenvalue weighted by molar-refractivity contribution is 6.01. The maximum atomic E-state index is 12.1. The molecule has 1 saturated heterocycles. The molecule has 2 aromatic rings. The van der Waals surface area contributed by atoms with E-state index in [9.17, 15) is 9.59 Å². The van der Waals surface area contributed by atoms with E-state index >= 15 is 0 Å². The van der Waals surface area contributed by atoms with E-state index in [2.05, 4.69) is 10.6 Å². The van der Waals surface area contributed by atoms with Crippen molar-refractivity contribution in [3.05, 3.63) is 54.1 Å². The number of carbonyl (C=O) groups excluding carboxylic acids is 2. The molecular weight excluding hydrogens is 290 g/mol. The third-order valence-electron chi connectivity index (χ3n) is 3.86. The van der Waals surface area contributed by atoms with Crippen molar-refractivity contribution in [1.82, 2.24) is 0 Å². The van der Waals surface area contributed by atoms with E-state index in [4.69, 9.17) is 0 Å². The minimum atomic E-state index is -0.307. The van der Waals surface area contributed by atoms with Gasteiger partial charge in [0.15, 0.2) is 0 Å². The van der Waals surface area contributed by atoms with Gasteiger partial charge in [-0.1, -0.05) is 24.3 Å². The molecule has 0 aliphatic carbocycles. The van der Waals surface area contributed by atoms with Gasteiger partial charge in [-0.3, -0.25) is 4.79 Å². The molecule has 5 nitrogen and oxygen atoms in total. The van der Waals surface area contributed by atoms with Gasteiger partial charge in [0.1, 0.15) is 0 Å². The predicted molar refractivity (Wildman–Crippen MR) is 91.8 cm³/mol. The number of hydrogen-bond acceptors (Lipinski definition) is 2. The largest absolute Gasteiger partial charge is 0.323 e. The number of nitrogens with zero attached hydrogens (tertiary/aromatic N) is 1. The molecule has 5 heteroatoms. The fourth-order valence-electron chi connectivity index (χ4n) is 2.70. The zero-order chi connectivity index (χ0) is 16.2. The van der Waals surface area contributed by atoms with Crippen LogP contribution in [0.25, 0.3) is 0 Å². The summed E-state index contributed by atoms with van der Waals surface area (Å²) in [7, 11) is 0. The van der Waals surface area contributed by atoms with Crippen molar-refractivity contribution in [2.45, 2.75) is 19.8 Å². The molecule has 0 radical (unpaired) electrons. The summed E-state index contributed by atoms with van der Waals surface area (Å²) >= 11 is 0. The number of anilines is 3. The molecule has 3 rings (SSSR count). The van der Waals surface area contributed by atoms with Gasteiger partial charge in [0, 0.05) is 30.0 Å². The van der Waals surface area contributed by atoms with Crippen LogP contribution in [0.2, 0.25) is 0 Å². The number of hydrogen-bond donors (Lipinski definition) is 2. The van der Waals surface area contributed by atoms with E-state index in [1.165, 1.54) is 0 Å². The lowest BCUT2D eigenvalue weighted by atomic mass is 10.1. The minimum absolute atomic E-state index is 0.138. The van der Waals surface area contributed by atoms with Gasteiger partial charge in [0.25, 0.3) is 0 Å². The van der Waals surface area contributed by atoms with Crippen LogP contribution < -0.4 is 15.5 Å². The summed E-state index contributed by atoms with van der Waals surface area (Å²) in [6.45, 7) is 2.70. The second-order valence-corrected chi connectivity index (χ2v) is 5.60. The van der Waals surface area contributed by atoms with Gasteiger partial charge in [0.2, 0.25) is 5.91 Å². The minimum Gasteiger partial charge on any atom is -0.312 e. The zero-order valence-corrected chi connectivity index (χ0v) is 13.0. The molecule has 3 amide bonds. The van der Waals surface area contributed by atoms with Crippen molar-refractivity contribution in [2.75, 3.05) is 22.1 Å². The van der Waals surface area contributed by atoms with E-state index in [-0.39, 0.29) is 11.9 Å². The summed E-state index contributed by atoms with van der Waals surface area (Å²) in [5.41, 5.74) is 3.28. The zero-order valence-electron chi connectivity index (χ0n) is 13.0. The molecule has 118 valence electrons. The highest BCUT2D eigenvalue weighted by atomic mass is 16.2. The summed E-state index contributed by atoms with van der Waals surface area (Å²) in [6.07, 6.45) is 1.47. The summed E-state index contributed by atoms with van der Waals surface area (Å²) in [4.78, 5) is 25.8. The molecule has 0 unspecified atom stereocenters. The van der Waals surface area contributed by atoms with Crippen molar-refractivity contribution in [3.63, 3.8) is 0 Å². The van der Waals surface area contributed by atoms with Crippen molar-refractivity contribution >= 4 is 29.0 Å². The Morgan fingerprint density at radius 2 is 1.78 bits per heavy atom. The normalized spacial score (nSPS) is 14.0. The van der Waals surface area contributed by atoms with Crippen molar-refractivity contribution in [1.29, 1.82) is 0 Å². The lowest BCUT2D eigenvalue weighted by Gasteiger charge is -2.19. The smallest absolute Gasteiger partial charge is 0.312 e. The molecule has 1 heterocycles. The van der Waals surface area contributed by atoms with Gasteiger partial charge in [-0.15, -0.1) is 0 Å². The number of carbonyl (C=O) groups is 2.